The predicted octanol–water partition coefficient (Wildman–Crippen LogP) is 3.90. The van der Waals surface area contributed by atoms with Gasteiger partial charge in [-0.2, -0.15) is 4.68 Å². The van der Waals surface area contributed by atoms with Crippen molar-refractivity contribution in [3.63, 3.8) is 0 Å². The molecule has 0 saturated carbocycles. The molecule has 6 nitrogen and oxygen atoms in total. The Morgan fingerprint density at radius 3 is 2.41 bits per heavy atom. The Balaban J connectivity index is 1.49. The Bertz CT molecular complexity index is 1100. The zero-order valence-corrected chi connectivity index (χ0v) is 17.2. The van der Waals surface area contributed by atoms with Gasteiger partial charge in [-0.05, 0) is 41.4 Å². The predicted molar refractivity (Wildman–Crippen MR) is 114 cm³/mol. The van der Waals surface area contributed by atoms with Gasteiger partial charge in [0.1, 0.15) is 6.54 Å². The van der Waals surface area contributed by atoms with Crippen LogP contribution in [0.3, 0.4) is 0 Å². The maximum Gasteiger partial charge on any atom is 0.437 e. The van der Waals surface area contributed by atoms with Crippen molar-refractivity contribution in [3.8, 4) is 11.5 Å². The molecule has 0 saturated heterocycles. The van der Waals surface area contributed by atoms with Gasteiger partial charge < -0.3 is 9.32 Å². The van der Waals surface area contributed by atoms with Gasteiger partial charge in [-0.25, -0.2) is 4.79 Å². The molecule has 0 atom stereocenters. The lowest BCUT2D eigenvalue weighted by atomic mass is 10.2. The summed E-state index contributed by atoms with van der Waals surface area (Å²) in [6, 6.07) is 17.2. The first-order valence-corrected chi connectivity index (χ1v) is 10.9. The third-order valence-electron chi connectivity index (χ3n) is 4.40. The molecule has 3 aromatic heterocycles. The summed E-state index contributed by atoms with van der Waals surface area (Å²) in [6.07, 6.45) is 0.776. The Hall–Kier alpha value is -2.97. The van der Waals surface area contributed by atoms with Crippen LogP contribution in [0.15, 0.2) is 74.6 Å². The molecule has 0 spiro atoms. The monoisotopic (exact) mass is 425 g/mol. The van der Waals surface area contributed by atoms with E-state index in [4.69, 9.17) is 4.42 Å². The van der Waals surface area contributed by atoms with Crippen molar-refractivity contribution < 1.29 is 9.21 Å². The minimum atomic E-state index is -0.633. The first-order valence-electron chi connectivity index (χ1n) is 9.15. The van der Waals surface area contributed by atoms with E-state index in [-0.39, 0.29) is 18.3 Å². The van der Waals surface area contributed by atoms with Crippen molar-refractivity contribution >= 4 is 28.6 Å². The second-order valence-electron chi connectivity index (χ2n) is 6.42. The number of hydrogen-bond acceptors (Lipinski definition) is 6. The maximum absolute atomic E-state index is 13.0. The second kappa shape index (κ2) is 9.02. The average Bonchev–Trinajstić information content (AvgIpc) is 3.49. The molecule has 3 heterocycles. The third-order valence-corrected chi connectivity index (χ3v) is 6.20. The van der Waals surface area contributed by atoms with Crippen molar-refractivity contribution in [2.75, 3.05) is 6.54 Å². The molecular formula is C21H19N3O3S2. The highest BCUT2D eigenvalue weighted by Gasteiger charge is 2.19. The van der Waals surface area contributed by atoms with Gasteiger partial charge in [-0.15, -0.1) is 27.8 Å². The van der Waals surface area contributed by atoms with E-state index in [9.17, 15) is 9.59 Å². The molecule has 0 unspecified atom stereocenters. The summed E-state index contributed by atoms with van der Waals surface area (Å²) in [5.74, 6) is -0.580. The van der Waals surface area contributed by atoms with Crippen molar-refractivity contribution in [2.45, 2.75) is 19.5 Å². The number of hydrogen-bond donors (Lipinski definition) is 0. The van der Waals surface area contributed by atoms with E-state index in [1.807, 2.05) is 59.3 Å². The number of nitrogens with zero attached hydrogens (tertiary/aromatic N) is 3. The fraction of sp³-hybridized carbons (Fsp3) is 0.190. The molecule has 0 N–H and O–H groups in total. The SMILES string of the molecule is O=C(Cn1nc(-c2ccccc2)oc1=O)N(CCc1cccs1)Cc1cccs1. The largest absolute Gasteiger partial charge is 0.437 e. The molecule has 4 rings (SSSR count). The number of aromatic nitrogens is 2. The topological polar surface area (TPSA) is 68.3 Å². The van der Waals surface area contributed by atoms with Gasteiger partial charge in [0.2, 0.25) is 11.8 Å². The van der Waals surface area contributed by atoms with E-state index >= 15 is 0 Å². The van der Waals surface area contributed by atoms with Crippen LogP contribution in [0.5, 0.6) is 0 Å². The fourth-order valence-electron chi connectivity index (χ4n) is 2.91. The minimum absolute atomic E-state index is 0.148. The summed E-state index contributed by atoms with van der Waals surface area (Å²) >= 11 is 3.28. The van der Waals surface area contributed by atoms with Crippen LogP contribution in [0, 0.1) is 0 Å². The number of amides is 1. The summed E-state index contributed by atoms with van der Waals surface area (Å²) in [7, 11) is 0. The van der Waals surface area contributed by atoms with E-state index in [1.165, 1.54) is 4.88 Å². The van der Waals surface area contributed by atoms with E-state index in [0.717, 1.165) is 16.0 Å². The highest BCUT2D eigenvalue weighted by molar-refractivity contribution is 7.10. The van der Waals surface area contributed by atoms with Crippen LogP contribution in [-0.2, 0) is 24.3 Å². The van der Waals surface area contributed by atoms with Crippen LogP contribution in [0.2, 0.25) is 0 Å². The fourth-order valence-corrected chi connectivity index (χ4v) is 4.33. The number of carbonyl (C=O) groups is 1. The van der Waals surface area contributed by atoms with Gasteiger partial charge in [-0.1, -0.05) is 30.3 Å². The lowest BCUT2D eigenvalue weighted by molar-refractivity contribution is -0.132. The summed E-state index contributed by atoms with van der Waals surface area (Å²) in [6.45, 7) is 0.945. The van der Waals surface area contributed by atoms with Crippen LogP contribution >= 0.6 is 22.7 Å². The molecule has 8 heteroatoms. The third kappa shape index (κ3) is 4.90. The Morgan fingerprint density at radius 1 is 1.00 bits per heavy atom. The van der Waals surface area contributed by atoms with Crippen LogP contribution in [0.1, 0.15) is 9.75 Å². The molecule has 0 aliphatic rings. The van der Waals surface area contributed by atoms with E-state index in [2.05, 4.69) is 11.2 Å². The van der Waals surface area contributed by atoms with Crippen LogP contribution in [0.4, 0.5) is 0 Å². The maximum atomic E-state index is 13.0. The molecule has 1 amide bonds. The lowest BCUT2D eigenvalue weighted by Gasteiger charge is -2.21. The zero-order chi connectivity index (χ0) is 20.1. The highest BCUT2D eigenvalue weighted by atomic mass is 32.1. The molecule has 4 aromatic rings. The summed E-state index contributed by atoms with van der Waals surface area (Å²) in [5.41, 5.74) is 0.698. The first kappa shape index (κ1) is 19.4. The van der Waals surface area contributed by atoms with E-state index < -0.39 is 5.76 Å². The Labute approximate surface area is 175 Å². The quantitative estimate of drug-likeness (QED) is 0.429. The van der Waals surface area contributed by atoms with Crippen LogP contribution < -0.4 is 5.76 Å². The van der Waals surface area contributed by atoms with Crippen molar-refractivity contribution in [2.24, 2.45) is 0 Å². The first-order chi connectivity index (χ1) is 14.2. The minimum Gasteiger partial charge on any atom is -0.388 e. The molecular weight excluding hydrogens is 406 g/mol. The average molecular weight is 426 g/mol. The molecule has 1 aromatic carbocycles. The van der Waals surface area contributed by atoms with Crippen molar-refractivity contribution in [1.82, 2.24) is 14.7 Å². The van der Waals surface area contributed by atoms with Gasteiger partial charge in [0.05, 0.1) is 6.54 Å². The van der Waals surface area contributed by atoms with Crippen molar-refractivity contribution in [3.05, 3.63) is 85.7 Å². The summed E-state index contributed by atoms with van der Waals surface area (Å²) < 4.78 is 6.33. The molecule has 0 radical (unpaired) electrons. The van der Waals surface area contributed by atoms with Gasteiger partial charge >= 0.3 is 5.76 Å². The molecule has 0 aliphatic heterocycles. The van der Waals surface area contributed by atoms with Gasteiger partial charge in [0, 0.05) is 21.9 Å². The number of rotatable bonds is 8. The summed E-state index contributed by atoms with van der Waals surface area (Å²) in [4.78, 5) is 29.3. The second-order valence-corrected chi connectivity index (χ2v) is 8.49. The van der Waals surface area contributed by atoms with Crippen molar-refractivity contribution in [1.29, 1.82) is 0 Å². The van der Waals surface area contributed by atoms with Gasteiger partial charge in [0.15, 0.2) is 0 Å². The smallest absolute Gasteiger partial charge is 0.388 e. The Morgan fingerprint density at radius 2 is 1.72 bits per heavy atom. The number of carbonyl (C=O) groups excluding carboxylic acids is 1. The lowest BCUT2D eigenvalue weighted by Crippen LogP contribution is -2.36. The number of benzene rings is 1. The molecule has 0 aliphatic carbocycles. The summed E-state index contributed by atoms with van der Waals surface area (Å²) in [5, 5.41) is 8.22. The normalized spacial score (nSPS) is 10.9. The zero-order valence-electron chi connectivity index (χ0n) is 15.6. The highest BCUT2D eigenvalue weighted by Crippen LogP contribution is 2.16. The standard InChI is InChI=1S/C21H19N3O3S2/c25-19(15-24-21(26)27-20(22-24)16-6-2-1-3-7-16)23(14-18-9-5-13-29-18)11-10-17-8-4-12-28-17/h1-9,12-13H,10-11,14-15H2. The van der Waals surface area contributed by atoms with Gasteiger partial charge in [0.25, 0.3) is 0 Å². The number of thiophene rings is 2. The molecule has 0 bridgehead atoms. The van der Waals surface area contributed by atoms with Gasteiger partial charge in [-0.3, -0.25) is 4.79 Å². The van der Waals surface area contributed by atoms with E-state index in [1.54, 1.807) is 27.6 Å². The Kier molecular flexibility index (Phi) is 6.02. The van der Waals surface area contributed by atoms with E-state index in [0.29, 0.717) is 18.7 Å². The molecule has 0 fully saturated rings. The van der Waals surface area contributed by atoms with Crippen LogP contribution in [-0.4, -0.2) is 27.1 Å². The molecule has 148 valence electrons. The molecule has 29 heavy (non-hydrogen) atoms. The van der Waals surface area contributed by atoms with Crippen LogP contribution in [0.25, 0.3) is 11.5 Å².